The van der Waals surface area contributed by atoms with Gasteiger partial charge in [0.2, 0.25) is 0 Å². The van der Waals surface area contributed by atoms with Gasteiger partial charge in [-0.2, -0.15) is 22.0 Å². The summed E-state index contributed by atoms with van der Waals surface area (Å²) in [4.78, 5) is 4.58. The molecule has 0 bridgehead atoms. The summed E-state index contributed by atoms with van der Waals surface area (Å²) in [5.74, 6) is 6.73. The average molecular weight is 448 g/mol. The van der Waals surface area contributed by atoms with Gasteiger partial charge in [-0.1, -0.05) is 18.2 Å². The molecule has 1 aromatic carbocycles. The lowest BCUT2D eigenvalue weighted by molar-refractivity contribution is 0.224. The third kappa shape index (κ3) is 4.96. The first-order valence-corrected chi connectivity index (χ1v) is 12.1. The van der Waals surface area contributed by atoms with Gasteiger partial charge >= 0.3 is 0 Å². The maximum Gasteiger partial charge on any atom is 0.278 e. The van der Waals surface area contributed by atoms with Crippen molar-refractivity contribution in [3.8, 4) is 0 Å². The Morgan fingerprint density at radius 1 is 1.10 bits per heavy atom. The van der Waals surface area contributed by atoms with Crippen molar-refractivity contribution in [2.45, 2.75) is 19.4 Å². The summed E-state index contributed by atoms with van der Waals surface area (Å²) in [5, 5.41) is 7.48. The van der Waals surface area contributed by atoms with Gasteiger partial charge in [-0.05, 0) is 41.0 Å². The first-order chi connectivity index (χ1) is 14.6. The Hall–Kier alpha value is -2.10. The Labute approximate surface area is 182 Å². The molecule has 1 fully saturated rings. The molecule has 30 heavy (non-hydrogen) atoms. The van der Waals surface area contributed by atoms with E-state index in [1.54, 1.807) is 6.20 Å². The Morgan fingerprint density at radius 2 is 1.87 bits per heavy atom. The number of para-hydroxylation sites is 1. The highest BCUT2D eigenvalue weighted by Crippen LogP contribution is 2.33. The van der Waals surface area contributed by atoms with Gasteiger partial charge in [-0.15, -0.1) is 0 Å². The molecule has 0 spiro atoms. The van der Waals surface area contributed by atoms with E-state index < -0.39 is 6.43 Å². The summed E-state index contributed by atoms with van der Waals surface area (Å²) in [6.45, 7) is 2.67. The first kappa shape index (κ1) is 21.1. The molecule has 2 aromatic rings. The molecule has 0 amide bonds. The quantitative estimate of drug-likeness (QED) is 0.587. The number of rotatable bonds is 7. The molecule has 0 radical (unpaired) electrons. The normalized spacial score (nSPS) is 18.2. The van der Waals surface area contributed by atoms with Crippen molar-refractivity contribution in [1.29, 1.82) is 0 Å². The van der Waals surface area contributed by atoms with Crippen LogP contribution in [-0.2, 0) is 6.54 Å². The van der Waals surface area contributed by atoms with Crippen molar-refractivity contribution in [2.75, 3.05) is 28.9 Å². The van der Waals surface area contributed by atoms with Crippen LogP contribution in [0.25, 0.3) is 0 Å². The smallest absolute Gasteiger partial charge is 0.278 e. The lowest BCUT2D eigenvalue weighted by Gasteiger charge is -2.36. The standard InChI is InChI=1S/C21H23F2N5S2/c1-30(27-9-11-29-12-10-27)28(18-5-3-2-4-6-18)15-17-8-7-16(14-24-17)19-13-20(21(22)23)26-25-19/h2-8,14,21H,1,9-13,15H2. The molecular formula is C21H23F2N5S2. The number of benzene rings is 1. The van der Waals surface area contributed by atoms with Crippen LogP contribution in [-0.4, -0.2) is 57.6 Å². The van der Waals surface area contributed by atoms with Gasteiger partial charge in [-0.25, -0.2) is 13.1 Å². The molecule has 1 aromatic heterocycles. The fourth-order valence-electron chi connectivity index (χ4n) is 3.26. The SMILES string of the molecule is C=S(N1CCSCC1)N(Cc1ccc(C2=NN=C(C(F)F)C2)cn1)c1ccccc1. The second kappa shape index (κ2) is 9.80. The van der Waals surface area contributed by atoms with Crippen molar-refractivity contribution >= 4 is 45.6 Å². The van der Waals surface area contributed by atoms with Crippen molar-refractivity contribution in [3.05, 3.63) is 59.9 Å². The van der Waals surface area contributed by atoms with Gasteiger partial charge in [0.15, 0.2) is 0 Å². The molecule has 158 valence electrons. The number of thioether (sulfide) groups is 1. The van der Waals surface area contributed by atoms with E-state index in [-0.39, 0.29) is 23.0 Å². The van der Waals surface area contributed by atoms with E-state index in [1.165, 1.54) is 0 Å². The Balaban J connectivity index is 1.50. The maximum atomic E-state index is 12.8. The van der Waals surface area contributed by atoms with Gasteiger partial charge in [0, 0.05) is 48.5 Å². The zero-order valence-corrected chi connectivity index (χ0v) is 18.1. The lowest BCUT2D eigenvalue weighted by atomic mass is 10.1. The van der Waals surface area contributed by atoms with Crippen molar-refractivity contribution in [1.82, 2.24) is 9.29 Å². The molecule has 3 heterocycles. The number of hydrogen-bond donors (Lipinski definition) is 0. The van der Waals surface area contributed by atoms with E-state index in [2.05, 4.69) is 41.8 Å². The molecule has 1 atom stereocenters. The van der Waals surface area contributed by atoms with Crippen molar-refractivity contribution in [3.63, 3.8) is 0 Å². The summed E-state index contributed by atoms with van der Waals surface area (Å²) in [7, 11) is -0.325. The van der Waals surface area contributed by atoms with Crippen LogP contribution in [0.3, 0.4) is 0 Å². The monoisotopic (exact) mass is 447 g/mol. The van der Waals surface area contributed by atoms with E-state index in [0.29, 0.717) is 12.3 Å². The number of aromatic nitrogens is 1. The van der Waals surface area contributed by atoms with Crippen molar-refractivity contribution in [2.24, 2.45) is 10.2 Å². The lowest BCUT2D eigenvalue weighted by Crippen LogP contribution is -2.34. The first-order valence-electron chi connectivity index (χ1n) is 9.68. The van der Waals surface area contributed by atoms with E-state index in [9.17, 15) is 8.78 Å². The number of anilines is 1. The summed E-state index contributed by atoms with van der Waals surface area (Å²) in [5.41, 5.74) is 3.07. The summed E-state index contributed by atoms with van der Waals surface area (Å²) in [6.07, 6.45) is -0.800. The summed E-state index contributed by atoms with van der Waals surface area (Å²) in [6, 6.07) is 14.1. The molecule has 9 heteroatoms. The van der Waals surface area contributed by atoms with E-state index in [1.807, 2.05) is 42.1 Å². The summed E-state index contributed by atoms with van der Waals surface area (Å²) >= 11 is 1.98. The van der Waals surface area contributed by atoms with Crippen LogP contribution >= 0.6 is 22.6 Å². The fraction of sp³-hybridized carbons (Fsp3) is 0.333. The highest BCUT2D eigenvalue weighted by molar-refractivity contribution is 8.13. The van der Waals surface area contributed by atoms with Crippen LogP contribution in [0.1, 0.15) is 17.7 Å². The second-order valence-electron chi connectivity index (χ2n) is 6.91. The van der Waals surface area contributed by atoms with Gasteiger partial charge in [-0.3, -0.25) is 4.98 Å². The molecular weight excluding hydrogens is 424 g/mol. The second-order valence-corrected chi connectivity index (χ2v) is 9.77. The van der Waals surface area contributed by atoms with Crippen molar-refractivity contribution < 1.29 is 8.78 Å². The molecule has 4 rings (SSSR count). The minimum atomic E-state index is -2.57. The third-order valence-corrected chi connectivity index (χ3v) is 7.68. The molecule has 5 nitrogen and oxygen atoms in total. The third-order valence-electron chi connectivity index (χ3n) is 4.93. The van der Waals surface area contributed by atoms with Gasteiger partial charge < -0.3 is 4.31 Å². The predicted molar refractivity (Wildman–Crippen MR) is 125 cm³/mol. The zero-order valence-electron chi connectivity index (χ0n) is 16.5. The van der Waals surface area contributed by atoms with E-state index in [4.69, 9.17) is 0 Å². The largest absolute Gasteiger partial charge is 0.304 e. The van der Waals surface area contributed by atoms with Gasteiger partial charge in [0.1, 0.15) is 5.71 Å². The van der Waals surface area contributed by atoms with E-state index >= 15 is 0 Å². The highest BCUT2D eigenvalue weighted by Gasteiger charge is 2.23. The highest BCUT2D eigenvalue weighted by atomic mass is 32.2. The number of alkyl halides is 2. The van der Waals surface area contributed by atoms with Crippen LogP contribution in [0.15, 0.2) is 58.9 Å². The molecule has 1 unspecified atom stereocenters. The van der Waals surface area contributed by atoms with Gasteiger partial charge in [0.25, 0.3) is 6.43 Å². The topological polar surface area (TPSA) is 44.1 Å². The minimum absolute atomic E-state index is 0.0736. The molecule has 0 saturated carbocycles. The predicted octanol–water partition coefficient (Wildman–Crippen LogP) is 4.48. The molecule has 1 saturated heterocycles. The zero-order chi connectivity index (χ0) is 20.9. The van der Waals surface area contributed by atoms with E-state index in [0.717, 1.165) is 41.5 Å². The molecule has 2 aliphatic heterocycles. The minimum Gasteiger partial charge on any atom is -0.304 e. The van der Waals surface area contributed by atoms with Crippen LogP contribution in [0.2, 0.25) is 0 Å². The Morgan fingerprint density at radius 3 is 2.50 bits per heavy atom. The number of halogens is 2. The van der Waals surface area contributed by atoms with Crippen LogP contribution in [0, 0.1) is 0 Å². The summed E-state index contributed by atoms with van der Waals surface area (Å²) < 4.78 is 30.3. The Kier molecular flexibility index (Phi) is 6.91. The molecule has 0 aliphatic carbocycles. The maximum absolute atomic E-state index is 12.8. The van der Waals surface area contributed by atoms with Crippen LogP contribution in [0.5, 0.6) is 0 Å². The average Bonchev–Trinajstić information content (AvgIpc) is 3.29. The molecule has 2 aliphatic rings. The van der Waals surface area contributed by atoms with Crippen LogP contribution in [0.4, 0.5) is 14.5 Å². The fourth-order valence-corrected chi connectivity index (χ4v) is 5.93. The van der Waals surface area contributed by atoms with Crippen LogP contribution < -0.4 is 4.31 Å². The Bertz CT molecular complexity index is 942. The number of hydrogen-bond acceptors (Lipinski definition) is 6. The molecule has 0 N–H and O–H groups in total. The number of nitrogens with zero attached hydrogens (tertiary/aromatic N) is 5. The van der Waals surface area contributed by atoms with Gasteiger partial charge in [0.05, 0.1) is 18.0 Å². The number of pyridine rings is 1.